The summed E-state index contributed by atoms with van der Waals surface area (Å²) in [6.45, 7) is 8.29. The van der Waals surface area contributed by atoms with E-state index in [4.69, 9.17) is 4.74 Å². The molecule has 0 aromatic heterocycles. The molecule has 0 aliphatic carbocycles. The van der Waals surface area contributed by atoms with Gasteiger partial charge in [-0.05, 0) is 50.4 Å². The summed E-state index contributed by atoms with van der Waals surface area (Å²) >= 11 is 3.48. The number of hydrogen-bond donors (Lipinski definition) is 1. The molecule has 0 saturated carbocycles. The summed E-state index contributed by atoms with van der Waals surface area (Å²) in [5.74, 6) is 0. The number of hydrogen-bond acceptors (Lipinski definition) is 2. The first-order valence-electron chi connectivity index (χ1n) is 7.30. The Labute approximate surface area is 126 Å². The van der Waals surface area contributed by atoms with Crippen LogP contribution in [0.5, 0.6) is 0 Å². The van der Waals surface area contributed by atoms with Crippen LogP contribution in [0.25, 0.3) is 0 Å². The van der Waals surface area contributed by atoms with Crippen molar-refractivity contribution in [2.24, 2.45) is 0 Å². The van der Waals surface area contributed by atoms with E-state index in [0.29, 0.717) is 12.1 Å². The molecule has 19 heavy (non-hydrogen) atoms. The van der Waals surface area contributed by atoms with Gasteiger partial charge >= 0.3 is 0 Å². The maximum atomic E-state index is 5.87. The molecular weight excluding hydrogens is 302 g/mol. The summed E-state index contributed by atoms with van der Waals surface area (Å²) in [5, 5.41) is 3.63. The highest BCUT2D eigenvalue weighted by molar-refractivity contribution is 9.10. The second-order valence-electron chi connectivity index (χ2n) is 4.79. The lowest BCUT2D eigenvalue weighted by molar-refractivity contribution is 0.0320. The van der Waals surface area contributed by atoms with Gasteiger partial charge in [0.1, 0.15) is 0 Å². The van der Waals surface area contributed by atoms with Crippen LogP contribution in [0.2, 0.25) is 0 Å². The maximum absolute atomic E-state index is 5.87. The van der Waals surface area contributed by atoms with Gasteiger partial charge in [-0.15, -0.1) is 0 Å². The van der Waals surface area contributed by atoms with E-state index in [2.05, 4.69) is 66.3 Å². The maximum Gasteiger partial charge on any atom is 0.0728 e. The Morgan fingerprint density at radius 2 is 1.84 bits per heavy atom. The third-order valence-corrected chi connectivity index (χ3v) is 3.79. The molecule has 1 N–H and O–H groups in total. The predicted molar refractivity (Wildman–Crippen MR) is 85.6 cm³/mol. The van der Waals surface area contributed by atoms with Crippen LogP contribution in [0.15, 0.2) is 28.7 Å². The van der Waals surface area contributed by atoms with Crippen molar-refractivity contribution in [2.45, 2.75) is 52.2 Å². The summed E-state index contributed by atoms with van der Waals surface area (Å²) in [6, 6.07) is 8.97. The molecule has 1 aromatic rings. The van der Waals surface area contributed by atoms with Crippen molar-refractivity contribution in [1.82, 2.24) is 5.32 Å². The fourth-order valence-corrected chi connectivity index (χ4v) is 2.54. The topological polar surface area (TPSA) is 21.3 Å². The third kappa shape index (κ3) is 6.07. The molecule has 2 unspecified atom stereocenters. The molecule has 0 bridgehead atoms. The zero-order chi connectivity index (χ0) is 14.1. The third-order valence-electron chi connectivity index (χ3n) is 3.26. The lowest BCUT2D eigenvalue weighted by Gasteiger charge is -2.27. The highest BCUT2D eigenvalue weighted by Gasteiger charge is 2.19. The molecule has 2 atom stereocenters. The van der Waals surface area contributed by atoms with Gasteiger partial charge < -0.3 is 10.1 Å². The minimum absolute atomic E-state index is 0.292. The van der Waals surface area contributed by atoms with Crippen LogP contribution in [-0.4, -0.2) is 25.3 Å². The molecular formula is C16H26BrNO. The summed E-state index contributed by atoms with van der Waals surface area (Å²) < 4.78 is 7.01. The van der Waals surface area contributed by atoms with Crippen LogP contribution in [0.4, 0.5) is 0 Å². The van der Waals surface area contributed by atoms with Gasteiger partial charge in [-0.3, -0.25) is 0 Å². The second kappa shape index (κ2) is 9.51. The van der Waals surface area contributed by atoms with Crippen molar-refractivity contribution < 1.29 is 4.74 Å². The van der Waals surface area contributed by atoms with Crippen LogP contribution in [0.3, 0.4) is 0 Å². The normalized spacial score (nSPS) is 14.3. The van der Waals surface area contributed by atoms with Crippen molar-refractivity contribution in [3.05, 3.63) is 34.3 Å². The predicted octanol–water partition coefficient (Wildman–Crippen LogP) is 4.17. The number of benzene rings is 1. The molecule has 0 saturated heterocycles. The van der Waals surface area contributed by atoms with Gasteiger partial charge in [-0.2, -0.15) is 0 Å². The lowest BCUT2D eigenvalue weighted by atomic mass is 9.99. The van der Waals surface area contributed by atoms with Crippen LogP contribution in [-0.2, 0) is 11.2 Å². The van der Waals surface area contributed by atoms with E-state index in [0.717, 1.165) is 36.9 Å². The minimum atomic E-state index is 0.292. The second-order valence-corrected chi connectivity index (χ2v) is 5.71. The van der Waals surface area contributed by atoms with Crippen molar-refractivity contribution in [1.29, 1.82) is 0 Å². The average Bonchev–Trinajstić information content (AvgIpc) is 2.43. The van der Waals surface area contributed by atoms with Crippen LogP contribution >= 0.6 is 15.9 Å². The van der Waals surface area contributed by atoms with Gasteiger partial charge in [-0.25, -0.2) is 0 Å². The first kappa shape index (κ1) is 16.7. The first-order valence-corrected chi connectivity index (χ1v) is 8.09. The van der Waals surface area contributed by atoms with E-state index in [1.807, 2.05) is 0 Å². The molecule has 0 amide bonds. The van der Waals surface area contributed by atoms with E-state index in [1.165, 1.54) is 5.56 Å². The average molecular weight is 328 g/mol. The number of ether oxygens (including phenoxy) is 1. The van der Waals surface area contributed by atoms with Gasteiger partial charge in [0.05, 0.1) is 6.10 Å². The smallest absolute Gasteiger partial charge is 0.0728 e. The van der Waals surface area contributed by atoms with E-state index in [-0.39, 0.29) is 0 Å². The number of rotatable bonds is 9. The zero-order valence-electron chi connectivity index (χ0n) is 12.3. The van der Waals surface area contributed by atoms with E-state index in [1.54, 1.807) is 0 Å². The molecule has 0 heterocycles. The molecule has 108 valence electrons. The quantitative estimate of drug-likeness (QED) is 0.734. The highest BCUT2D eigenvalue weighted by Crippen LogP contribution is 2.15. The van der Waals surface area contributed by atoms with Gasteiger partial charge in [0.2, 0.25) is 0 Å². The molecule has 0 aliphatic heterocycles. The Morgan fingerprint density at radius 3 is 2.37 bits per heavy atom. The molecule has 3 heteroatoms. The Bertz CT molecular complexity index is 339. The molecule has 0 radical (unpaired) electrons. The van der Waals surface area contributed by atoms with E-state index in [9.17, 15) is 0 Å². The number of halogens is 1. The summed E-state index contributed by atoms with van der Waals surface area (Å²) in [7, 11) is 0. The SMILES string of the molecule is CCCNC(Cc1ccc(Br)cc1)C(CC)OCC. The van der Waals surface area contributed by atoms with Gasteiger partial charge in [0, 0.05) is 17.1 Å². The van der Waals surface area contributed by atoms with Crippen LogP contribution in [0, 0.1) is 0 Å². The van der Waals surface area contributed by atoms with Gasteiger partial charge in [-0.1, -0.05) is 41.9 Å². The van der Waals surface area contributed by atoms with Crippen molar-refractivity contribution >= 4 is 15.9 Å². The van der Waals surface area contributed by atoms with Crippen molar-refractivity contribution in [3.8, 4) is 0 Å². The molecule has 0 fully saturated rings. The summed E-state index contributed by atoms with van der Waals surface area (Å²) in [4.78, 5) is 0. The zero-order valence-corrected chi connectivity index (χ0v) is 13.9. The molecule has 1 rings (SSSR count). The van der Waals surface area contributed by atoms with Gasteiger partial charge in [0.25, 0.3) is 0 Å². The lowest BCUT2D eigenvalue weighted by Crippen LogP contribution is -2.43. The largest absolute Gasteiger partial charge is 0.377 e. The molecule has 0 aliphatic rings. The Morgan fingerprint density at radius 1 is 1.16 bits per heavy atom. The van der Waals surface area contributed by atoms with Crippen molar-refractivity contribution in [2.75, 3.05) is 13.2 Å². The summed E-state index contributed by atoms with van der Waals surface area (Å²) in [5.41, 5.74) is 1.36. The fraction of sp³-hybridized carbons (Fsp3) is 0.625. The monoisotopic (exact) mass is 327 g/mol. The Hall–Kier alpha value is -0.380. The standard InChI is InChI=1S/C16H26BrNO/c1-4-11-18-15(16(5-2)19-6-3)12-13-7-9-14(17)10-8-13/h7-10,15-16,18H,4-6,11-12H2,1-3H3. The van der Waals surface area contributed by atoms with Gasteiger partial charge in [0.15, 0.2) is 0 Å². The summed E-state index contributed by atoms with van der Waals surface area (Å²) in [6.07, 6.45) is 3.51. The molecule has 0 spiro atoms. The minimum Gasteiger partial charge on any atom is -0.377 e. The molecule has 1 aromatic carbocycles. The van der Waals surface area contributed by atoms with E-state index < -0.39 is 0 Å². The van der Waals surface area contributed by atoms with Crippen LogP contribution in [0.1, 0.15) is 39.2 Å². The highest BCUT2D eigenvalue weighted by atomic mass is 79.9. The van der Waals surface area contributed by atoms with E-state index >= 15 is 0 Å². The Balaban J connectivity index is 2.69. The fourth-order valence-electron chi connectivity index (χ4n) is 2.27. The first-order chi connectivity index (χ1) is 9.21. The van der Waals surface area contributed by atoms with Crippen molar-refractivity contribution in [3.63, 3.8) is 0 Å². The Kier molecular flexibility index (Phi) is 8.35. The number of nitrogens with one attached hydrogen (secondary N) is 1. The molecule has 2 nitrogen and oxygen atoms in total. The van der Waals surface area contributed by atoms with Crippen LogP contribution < -0.4 is 5.32 Å².